The predicted molar refractivity (Wildman–Crippen MR) is 274 cm³/mol. The molecule has 9 nitrogen and oxygen atoms in total. The maximum Gasteiger partial charge on any atom is 0.472 e. The van der Waals surface area contributed by atoms with Gasteiger partial charge in [-0.1, -0.05) is 179 Å². The van der Waals surface area contributed by atoms with Gasteiger partial charge in [0, 0.05) is 19.4 Å². The maximum atomic E-state index is 12.1. The molecule has 0 radical (unpaired) electrons. The number of amides is 1. The average Bonchev–Trinajstić information content (AvgIpc) is 3.29. The molecular formula is C55H86NO8P. The molecule has 1 amide bonds. The van der Waals surface area contributed by atoms with Crippen molar-refractivity contribution in [2.45, 2.75) is 161 Å². The summed E-state index contributed by atoms with van der Waals surface area (Å²) < 4.78 is 26.9. The summed E-state index contributed by atoms with van der Waals surface area (Å²) in [5.41, 5.74) is 0. The van der Waals surface area contributed by atoms with Gasteiger partial charge in [-0.05, 0) is 109 Å². The van der Waals surface area contributed by atoms with Gasteiger partial charge in [-0.15, -0.1) is 0 Å². The van der Waals surface area contributed by atoms with E-state index in [1.54, 1.807) is 0 Å². The molecule has 0 aliphatic carbocycles. The molecule has 364 valence electrons. The van der Waals surface area contributed by atoms with E-state index in [0.29, 0.717) is 19.3 Å². The van der Waals surface area contributed by atoms with E-state index in [4.69, 9.17) is 13.8 Å². The molecule has 0 saturated carbocycles. The van der Waals surface area contributed by atoms with Crippen LogP contribution in [0.5, 0.6) is 0 Å². The van der Waals surface area contributed by atoms with Gasteiger partial charge in [0.25, 0.3) is 0 Å². The van der Waals surface area contributed by atoms with Gasteiger partial charge >= 0.3 is 13.8 Å². The van der Waals surface area contributed by atoms with Gasteiger partial charge in [0.2, 0.25) is 5.91 Å². The Bertz CT molecular complexity index is 1560. The highest BCUT2D eigenvalue weighted by Crippen LogP contribution is 2.42. The lowest BCUT2D eigenvalue weighted by atomic mass is 10.1. The molecule has 3 N–H and O–H groups in total. The number of hydrogen-bond donors (Lipinski definition) is 3. The molecule has 0 heterocycles. The van der Waals surface area contributed by atoms with Crippen molar-refractivity contribution in [3.8, 4) is 0 Å². The summed E-state index contributed by atoms with van der Waals surface area (Å²) in [4.78, 5) is 34.0. The molecule has 0 bridgehead atoms. The monoisotopic (exact) mass is 920 g/mol. The normalized spacial score (nSPS) is 14.5. The third kappa shape index (κ3) is 50.7. The van der Waals surface area contributed by atoms with Crippen LogP contribution < -0.4 is 5.32 Å². The number of esters is 1. The topological polar surface area (TPSA) is 131 Å². The van der Waals surface area contributed by atoms with Crippen LogP contribution in [-0.4, -0.2) is 54.3 Å². The molecule has 2 atom stereocenters. The second-order valence-electron chi connectivity index (χ2n) is 15.3. The van der Waals surface area contributed by atoms with Crippen LogP contribution >= 0.6 is 7.82 Å². The van der Waals surface area contributed by atoms with Gasteiger partial charge in [-0.25, -0.2) is 4.57 Å². The first-order valence-electron chi connectivity index (χ1n) is 24.3. The van der Waals surface area contributed by atoms with Crippen molar-refractivity contribution in [2.75, 3.05) is 26.4 Å². The Labute approximate surface area is 395 Å². The van der Waals surface area contributed by atoms with Crippen molar-refractivity contribution in [1.29, 1.82) is 0 Å². The first kappa shape index (κ1) is 60.9. The fourth-order valence-electron chi connectivity index (χ4n) is 5.69. The van der Waals surface area contributed by atoms with Crippen LogP contribution in [-0.2, 0) is 27.9 Å². The van der Waals surface area contributed by atoms with Crippen LogP contribution in [0.2, 0.25) is 0 Å². The van der Waals surface area contributed by atoms with Gasteiger partial charge in [-0.3, -0.25) is 18.6 Å². The minimum atomic E-state index is -4.46. The zero-order valence-electron chi connectivity index (χ0n) is 40.1. The number of phosphoric acid groups is 1. The lowest BCUT2D eigenvalue weighted by Gasteiger charge is -2.15. The lowest BCUT2D eigenvalue weighted by molar-refractivity contribution is -0.147. The molecule has 2 unspecified atom stereocenters. The van der Waals surface area contributed by atoms with E-state index in [0.717, 1.165) is 116 Å². The second-order valence-corrected chi connectivity index (χ2v) is 16.8. The number of allylic oxidation sites excluding steroid dienone is 24. The fraction of sp³-hybridized carbons (Fsp3) is 0.527. The molecule has 0 aromatic heterocycles. The van der Waals surface area contributed by atoms with Crippen molar-refractivity contribution in [2.24, 2.45) is 0 Å². The highest BCUT2D eigenvalue weighted by Gasteiger charge is 2.23. The number of unbranched alkanes of at least 4 members (excludes halogenated alkanes) is 6. The zero-order chi connectivity index (χ0) is 47.4. The highest BCUT2D eigenvalue weighted by molar-refractivity contribution is 7.47. The molecule has 0 fully saturated rings. The molecule has 0 rings (SSSR count). The number of hydrogen-bond acceptors (Lipinski definition) is 7. The molecule has 0 aliphatic rings. The Morgan fingerprint density at radius 1 is 0.477 bits per heavy atom. The largest absolute Gasteiger partial charge is 0.472 e. The number of phosphoric ester groups is 1. The second kappa shape index (κ2) is 49.3. The summed E-state index contributed by atoms with van der Waals surface area (Å²) in [6.07, 6.45) is 70.7. The number of rotatable bonds is 43. The van der Waals surface area contributed by atoms with E-state index in [1.165, 1.54) is 0 Å². The summed E-state index contributed by atoms with van der Waals surface area (Å²) in [7, 11) is -4.46. The number of ether oxygens (including phenoxy) is 1. The van der Waals surface area contributed by atoms with Crippen LogP contribution in [0.3, 0.4) is 0 Å². The Morgan fingerprint density at radius 3 is 1.28 bits per heavy atom. The Kier molecular flexibility index (Phi) is 46.2. The number of carbonyl (C=O) groups excluding carboxylic acids is 2. The average molecular weight is 920 g/mol. The van der Waals surface area contributed by atoms with Crippen molar-refractivity contribution in [1.82, 2.24) is 5.32 Å². The van der Waals surface area contributed by atoms with Gasteiger partial charge in [0.1, 0.15) is 12.7 Å². The van der Waals surface area contributed by atoms with E-state index < -0.39 is 26.5 Å². The van der Waals surface area contributed by atoms with Crippen LogP contribution in [0.15, 0.2) is 146 Å². The quantitative estimate of drug-likeness (QED) is 0.0238. The van der Waals surface area contributed by atoms with E-state index in [1.807, 2.05) is 0 Å². The number of aliphatic hydroxyl groups excluding tert-OH is 1. The summed E-state index contributed by atoms with van der Waals surface area (Å²) in [6.45, 7) is 3.20. The molecular weight excluding hydrogens is 834 g/mol. The first-order valence-corrected chi connectivity index (χ1v) is 25.8. The van der Waals surface area contributed by atoms with Crippen LogP contribution in [0, 0.1) is 0 Å². The molecule has 0 aliphatic heterocycles. The molecule has 0 aromatic carbocycles. The predicted octanol–water partition coefficient (Wildman–Crippen LogP) is 14.4. The SMILES string of the molecule is CC/C=C\C/C=C\C/C=C\C/C=C\C/C=C\C/C=C\C/C=C\CCCC(=O)NCCOP(=O)(O)OCC(O)COC(=O)CCCCCCC/C=C\C/C=C\C/C=C\C/C=C\C/C=C\CC. The molecule has 0 saturated heterocycles. The molecule has 10 heteroatoms. The van der Waals surface area contributed by atoms with Crippen molar-refractivity contribution >= 4 is 19.7 Å². The zero-order valence-corrected chi connectivity index (χ0v) is 41.0. The lowest BCUT2D eigenvalue weighted by Crippen LogP contribution is -2.27. The van der Waals surface area contributed by atoms with Crippen LogP contribution in [0.25, 0.3) is 0 Å². The third-order valence-electron chi connectivity index (χ3n) is 9.26. The number of aliphatic hydroxyl groups is 1. The van der Waals surface area contributed by atoms with Crippen molar-refractivity contribution < 1.29 is 37.9 Å². The summed E-state index contributed by atoms with van der Waals surface area (Å²) in [5.74, 6) is -0.610. The van der Waals surface area contributed by atoms with Crippen LogP contribution in [0.1, 0.15) is 155 Å². The Hall–Kier alpha value is -4.11. The minimum Gasteiger partial charge on any atom is -0.463 e. The van der Waals surface area contributed by atoms with Crippen molar-refractivity contribution in [3.63, 3.8) is 0 Å². The van der Waals surface area contributed by atoms with E-state index in [2.05, 4.69) is 165 Å². The number of nitrogens with one attached hydrogen (secondary N) is 1. The summed E-state index contributed by atoms with van der Waals surface area (Å²) in [6, 6.07) is 0. The molecule has 65 heavy (non-hydrogen) atoms. The standard InChI is InChI=1S/C55H86NO8P/c1-3-5-7-9-11-13-15-17-19-21-23-25-26-28-29-31-33-35-37-39-41-43-45-47-54(58)56-49-50-63-65(60,61)64-52-53(57)51-62-55(59)48-46-44-42-40-38-36-34-32-30-27-24-22-20-18-16-14-12-10-8-6-4-2/h5-8,11-14,17-20,23-25,27-29,32-35,39,41,53,57H,3-4,9-10,15-16,21-22,26,30-31,36-38,40,42-52H2,1-2H3,(H,56,58)(H,60,61)/b7-5-,8-6-,13-11-,14-12-,19-17-,20-18-,25-23-,27-24-,29-28-,34-32-,35-33-,41-39-. The Balaban J connectivity index is 3.75. The molecule has 0 aromatic rings. The first-order chi connectivity index (χ1) is 31.8. The van der Waals surface area contributed by atoms with E-state index >= 15 is 0 Å². The fourth-order valence-corrected chi connectivity index (χ4v) is 6.45. The van der Waals surface area contributed by atoms with Gasteiger partial charge < -0.3 is 20.1 Å². The van der Waals surface area contributed by atoms with E-state index in [-0.39, 0.29) is 32.1 Å². The van der Waals surface area contributed by atoms with Gasteiger partial charge in [0.05, 0.1) is 13.2 Å². The van der Waals surface area contributed by atoms with Crippen LogP contribution in [0.4, 0.5) is 0 Å². The third-order valence-corrected chi connectivity index (χ3v) is 10.2. The van der Waals surface area contributed by atoms with E-state index in [9.17, 15) is 24.2 Å². The minimum absolute atomic E-state index is 0.0374. The van der Waals surface area contributed by atoms with Gasteiger partial charge in [-0.2, -0.15) is 0 Å². The maximum absolute atomic E-state index is 12.1. The molecule has 0 spiro atoms. The highest BCUT2D eigenvalue weighted by atomic mass is 31.2. The number of carbonyl (C=O) groups is 2. The van der Waals surface area contributed by atoms with Crippen molar-refractivity contribution in [3.05, 3.63) is 146 Å². The summed E-state index contributed by atoms with van der Waals surface area (Å²) >= 11 is 0. The summed E-state index contributed by atoms with van der Waals surface area (Å²) in [5, 5.41) is 12.7. The van der Waals surface area contributed by atoms with Gasteiger partial charge in [0.15, 0.2) is 0 Å². The smallest absolute Gasteiger partial charge is 0.463 e. The Morgan fingerprint density at radius 2 is 0.846 bits per heavy atom.